The lowest BCUT2D eigenvalue weighted by Gasteiger charge is -2.03. The lowest BCUT2D eigenvalue weighted by Crippen LogP contribution is -3.00. The van der Waals surface area contributed by atoms with Gasteiger partial charge < -0.3 is 22.7 Å². The molecule has 3 N–H and O–H groups in total. The van der Waals surface area contributed by atoms with Crippen molar-refractivity contribution in [2.24, 2.45) is 0 Å². The molecule has 1 aromatic heterocycles. The number of aromatic amines is 1. The van der Waals surface area contributed by atoms with Crippen molar-refractivity contribution < 1.29 is 22.1 Å². The molecule has 0 saturated heterocycles. The van der Waals surface area contributed by atoms with E-state index >= 15 is 0 Å². The molecule has 116 valence electrons. The lowest BCUT2D eigenvalue weighted by atomic mass is 10.1. The Kier molecular flexibility index (Phi) is 5.58. The van der Waals surface area contributed by atoms with Gasteiger partial charge in [0.1, 0.15) is 12.4 Å². The summed E-state index contributed by atoms with van der Waals surface area (Å²) >= 11 is 0. The number of quaternary nitrogens is 1. The van der Waals surface area contributed by atoms with Gasteiger partial charge in [0.2, 0.25) is 0 Å². The number of fused-ring (bicyclic) bond motifs is 1. The molecule has 22 heavy (non-hydrogen) atoms. The minimum absolute atomic E-state index is 0. The summed E-state index contributed by atoms with van der Waals surface area (Å²) in [6.07, 6.45) is 0.947. The van der Waals surface area contributed by atoms with Gasteiger partial charge in [-0.3, -0.25) is 0 Å². The Morgan fingerprint density at radius 2 is 1.86 bits per heavy atom. The molecule has 0 aliphatic carbocycles. The quantitative estimate of drug-likeness (QED) is 0.617. The fourth-order valence-electron chi connectivity index (χ4n) is 2.81. The molecule has 0 atom stereocenters. The third-order valence-electron chi connectivity index (χ3n) is 3.90. The highest BCUT2D eigenvalue weighted by molar-refractivity contribution is 5.84. The molecule has 4 heteroatoms. The van der Waals surface area contributed by atoms with Gasteiger partial charge in [-0.25, -0.2) is 4.39 Å². The minimum atomic E-state index is -0.170. The largest absolute Gasteiger partial charge is 1.00 e. The molecule has 0 radical (unpaired) electrons. The van der Waals surface area contributed by atoms with Gasteiger partial charge >= 0.3 is 0 Å². The maximum atomic E-state index is 13.4. The Bertz CT molecular complexity index is 737. The van der Waals surface area contributed by atoms with E-state index < -0.39 is 0 Å². The van der Waals surface area contributed by atoms with Crippen molar-refractivity contribution in [3.63, 3.8) is 0 Å². The van der Waals surface area contributed by atoms with E-state index in [4.69, 9.17) is 0 Å². The van der Waals surface area contributed by atoms with Gasteiger partial charge in [0.15, 0.2) is 0 Å². The molecule has 2 nitrogen and oxygen atoms in total. The van der Waals surface area contributed by atoms with Gasteiger partial charge in [0.25, 0.3) is 0 Å². The highest BCUT2D eigenvalue weighted by Gasteiger charge is 2.09. The second kappa shape index (κ2) is 7.43. The minimum Gasteiger partial charge on any atom is -1.00 e. The molecular formula is C18H20ClFN2. The first-order valence-corrected chi connectivity index (χ1v) is 7.36. The topological polar surface area (TPSA) is 32.4 Å². The number of nitrogens with two attached hydrogens (primary N) is 1. The zero-order chi connectivity index (χ0) is 14.7. The number of hydrogen-bond acceptors (Lipinski definition) is 0. The summed E-state index contributed by atoms with van der Waals surface area (Å²) in [7, 11) is 0. The lowest BCUT2D eigenvalue weighted by molar-refractivity contribution is -0.670. The highest BCUT2D eigenvalue weighted by Crippen LogP contribution is 2.23. The third kappa shape index (κ3) is 3.67. The molecular weight excluding hydrogens is 299 g/mol. The highest BCUT2D eigenvalue weighted by atomic mass is 35.5. The standard InChI is InChI=1S/C18H19FN2.ClH/c1-13-16(17-11-15(19)7-8-18(17)21-13)9-10-20-12-14-5-3-2-4-6-14;/h2-8,11,20-21H,9-10,12H2,1H3;1H. The molecule has 0 aliphatic heterocycles. The van der Waals surface area contributed by atoms with Crippen molar-refractivity contribution >= 4 is 10.9 Å². The van der Waals surface area contributed by atoms with E-state index in [1.165, 1.54) is 17.2 Å². The average molecular weight is 319 g/mol. The van der Waals surface area contributed by atoms with Crippen LogP contribution in [0.1, 0.15) is 16.8 Å². The van der Waals surface area contributed by atoms with Gasteiger partial charge in [-0.1, -0.05) is 30.3 Å². The number of aromatic nitrogens is 1. The molecule has 2 aromatic carbocycles. The Morgan fingerprint density at radius 1 is 1.09 bits per heavy atom. The number of nitrogens with one attached hydrogen (secondary N) is 1. The van der Waals surface area contributed by atoms with Crippen LogP contribution in [0.2, 0.25) is 0 Å². The Hall–Kier alpha value is -1.84. The third-order valence-corrected chi connectivity index (χ3v) is 3.90. The van der Waals surface area contributed by atoms with Crippen molar-refractivity contribution in [1.29, 1.82) is 0 Å². The van der Waals surface area contributed by atoms with Crippen LogP contribution in [0.5, 0.6) is 0 Å². The zero-order valence-corrected chi connectivity index (χ0v) is 13.3. The van der Waals surface area contributed by atoms with Crippen LogP contribution in [-0.2, 0) is 13.0 Å². The Morgan fingerprint density at radius 3 is 2.64 bits per heavy atom. The summed E-state index contributed by atoms with van der Waals surface area (Å²) < 4.78 is 13.4. The number of H-pyrrole nitrogens is 1. The first-order chi connectivity index (χ1) is 10.2. The summed E-state index contributed by atoms with van der Waals surface area (Å²) in [5, 5.41) is 3.31. The van der Waals surface area contributed by atoms with Gasteiger partial charge in [0, 0.05) is 28.6 Å². The second-order valence-corrected chi connectivity index (χ2v) is 5.44. The molecule has 0 aliphatic rings. The van der Waals surface area contributed by atoms with Crippen LogP contribution in [0.15, 0.2) is 48.5 Å². The maximum absolute atomic E-state index is 13.4. The predicted octanol–water partition coefficient (Wildman–Crippen LogP) is -0.0745. The van der Waals surface area contributed by atoms with E-state index in [1.54, 1.807) is 6.07 Å². The van der Waals surface area contributed by atoms with Crippen molar-refractivity contribution in [3.8, 4) is 0 Å². The van der Waals surface area contributed by atoms with Gasteiger partial charge in [0.05, 0.1) is 6.54 Å². The van der Waals surface area contributed by atoms with Crippen molar-refractivity contribution in [2.45, 2.75) is 19.9 Å². The molecule has 0 spiro atoms. The summed E-state index contributed by atoms with van der Waals surface area (Å²) in [6.45, 7) is 4.04. The second-order valence-electron chi connectivity index (χ2n) is 5.44. The molecule has 0 bridgehead atoms. The summed E-state index contributed by atoms with van der Waals surface area (Å²) in [5.74, 6) is -0.170. The Labute approximate surface area is 136 Å². The van der Waals surface area contributed by atoms with E-state index in [9.17, 15) is 4.39 Å². The molecule has 0 unspecified atom stereocenters. The summed E-state index contributed by atoms with van der Waals surface area (Å²) in [5.41, 5.74) is 4.73. The SMILES string of the molecule is Cc1[nH]c2ccc(F)cc2c1CC[NH2+]Cc1ccccc1.[Cl-]. The van der Waals surface area contributed by atoms with Crippen LogP contribution in [0, 0.1) is 12.7 Å². The normalized spacial score (nSPS) is 10.6. The molecule has 3 aromatic rings. The summed E-state index contributed by atoms with van der Waals surface area (Å²) in [4.78, 5) is 3.33. The van der Waals surface area contributed by atoms with E-state index in [-0.39, 0.29) is 18.2 Å². The van der Waals surface area contributed by atoms with Crippen LogP contribution >= 0.6 is 0 Å². The molecule has 0 saturated carbocycles. The van der Waals surface area contributed by atoms with Gasteiger partial charge in [-0.15, -0.1) is 0 Å². The number of rotatable bonds is 5. The van der Waals surface area contributed by atoms with Crippen molar-refractivity contribution in [1.82, 2.24) is 4.98 Å². The van der Waals surface area contributed by atoms with Crippen LogP contribution in [0.3, 0.4) is 0 Å². The molecule has 1 heterocycles. The zero-order valence-electron chi connectivity index (χ0n) is 12.6. The fourth-order valence-corrected chi connectivity index (χ4v) is 2.81. The summed E-state index contributed by atoms with van der Waals surface area (Å²) in [6, 6.07) is 15.4. The first-order valence-electron chi connectivity index (χ1n) is 7.36. The molecule has 0 fully saturated rings. The first kappa shape index (κ1) is 16.5. The fraction of sp³-hybridized carbons (Fsp3) is 0.222. The van der Waals surface area contributed by atoms with Crippen LogP contribution in [0.4, 0.5) is 4.39 Å². The smallest absolute Gasteiger partial charge is 0.123 e. The van der Waals surface area contributed by atoms with Crippen molar-refractivity contribution in [2.75, 3.05) is 6.54 Å². The van der Waals surface area contributed by atoms with Crippen molar-refractivity contribution in [3.05, 3.63) is 71.2 Å². The van der Waals surface area contributed by atoms with Gasteiger partial charge in [-0.05, 0) is 30.7 Å². The predicted molar refractivity (Wildman–Crippen MR) is 83.6 cm³/mol. The van der Waals surface area contributed by atoms with E-state index in [1.807, 2.05) is 12.1 Å². The molecule has 3 rings (SSSR count). The van der Waals surface area contributed by atoms with Crippen LogP contribution in [0.25, 0.3) is 10.9 Å². The average Bonchev–Trinajstić information content (AvgIpc) is 2.80. The molecule has 0 amide bonds. The number of aryl methyl sites for hydroxylation is 1. The van der Waals surface area contributed by atoms with Crippen LogP contribution in [-0.4, -0.2) is 11.5 Å². The number of benzene rings is 2. The van der Waals surface area contributed by atoms with E-state index in [0.29, 0.717) is 0 Å². The van der Waals surface area contributed by atoms with E-state index in [2.05, 4.69) is 41.5 Å². The van der Waals surface area contributed by atoms with Crippen LogP contribution < -0.4 is 17.7 Å². The van der Waals surface area contributed by atoms with E-state index in [0.717, 1.165) is 36.1 Å². The monoisotopic (exact) mass is 318 g/mol. The Balaban J connectivity index is 0.00000176. The van der Waals surface area contributed by atoms with Gasteiger partial charge in [-0.2, -0.15) is 0 Å². The maximum Gasteiger partial charge on any atom is 0.123 e. The number of hydrogen-bond donors (Lipinski definition) is 2. The number of halogens is 2.